The van der Waals surface area contributed by atoms with Crippen LogP contribution in [0.15, 0.2) is 65.8 Å². The van der Waals surface area contributed by atoms with Gasteiger partial charge in [-0.15, -0.1) is 0 Å². The lowest BCUT2D eigenvalue weighted by atomic mass is 10.1. The molecular weight excluding hydrogens is 230 g/mol. The van der Waals surface area contributed by atoms with Crippen molar-refractivity contribution >= 4 is 11.8 Å². The van der Waals surface area contributed by atoms with E-state index in [2.05, 4.69) is 79.9 Å². The number of allylic oxidation sites excluding steroid dienone is 7. The fourth-order valence-corrected chi connectivity index (χ4v) is 1.49. The van der Waals surface area contributed by atoms with Crippen molar-refractivity contribution in [2.45, 2.75) is 20.8 Å². The SMILES string of the molecule is CC=C(C)C=CC=C(C)C=Cc1ccc(NC)cc1. The predicted molar refractivity (Wildman–Crippen MR) is 87.4 cm³/mol. The van der Waals surface area contributed by atoms with Gasteiger partial charge in [-0.3, -0.25) is 0 Å². The van der Waals surface area contributed by atoms with Gasteiger partial charge in [-0.05, 0) is 38.5 Å². The van der Waals surface area contributed by atoms with Crippen LogP contribution in [0.25, 0.3) is 6.08 Å². The van der Waals surface area contributed by atoms with E-state index < -0.39 is 0 Å². The molecule has 100 valence electrons. The lowest BCUT2D eigenvalue weighted by Gasteiger charge is -1.99. The third-order valence-corrected chi connectivity index (χ3v) is 2.91. The highest BCUT2D eigenvalue weighted by Crippen LogP contribution is 2.11. The summed E-state index contributed by atoms with van der Waals surface area (Å²) in [5.74, 6) is 0. The molecule has 1 nitrogen and oxygen atoms in total. The van der Waals surface area contributed by atoms with Gasteiger partial charge in [0, 0.05) is 12.7 Å². The number of hydrogen-bond donors (Lipinski definition) is 1. The molecule has 0 aromatic heterocycles. The lowest BCUT2D eigenvalue weighted by Crippen LogP contribution is -1.86. The Bertz CT molecular complexity index is 499. The highest BCUT2D eigenvalue weighted by atomic mass is 14.8. The molecule has 0 aliphatic heterocycles. The largest absolute Gasteiger partial charge is 0.388 e. The van der Waals surface area contributed by atoms with Crippen molar-refractivity contribution in [2.24, 2.45) is 0 Å². The number of benzene rings is 1. The maximum absolute atomic E-state index is 3.11. The summed E-state index contributed by atoms with van der Waals surface area (Å²) in [6.07, 6.45) is 12.7. The zero-order chi connectivity index (χ0) is 14.1. The highest BCUT2D eigenvalue weighted by Gasteiger charge is 1.88. The van der Waals surface area contributed by atoms with Crippen LogP contribution in [0.4, 0.5) is 5.69 Å². The van der Waals surface area contributed by atoms with E-state index in [1.165, 1.54) is 16.7 Å². The first-order chi connectivity index (χ1) is 9.15. The number of nitrogens with one attached hydrogen (secondary N) is 1. The quantitative estimate of drug-likeness (QED) is 0.710. The van der Waals surface area contributed by atoms with Gasteiger partial charge in [0.25, 0.3) is 0 Å². The normalized spacial score (nSPS) is 13.5. The summed E-state index contributed by atoms with van der Waals surface area (Å²) in [6.45, 7) is 6.25. The summed E-state index contributed by atoms with van der Waals surface area (Å²) in [5.41, 5.74) is 4.85. The van der Waals surface area contributed by atoms with Gasteiger partial charge in [-0.1, -0.05) is 59.7 Å². The molecule has 0 spiro atoms. The van der Waals surface area contributed by atoms with Crippen molar-refractivity contribution in [3.63, 3.8) is 0 Å². The Morgan fingerprint density at radius 2 is 1.68 bits per heavy atom. The Kier molecular flexibility index (Phi) is 6.45. The van der Waals surface area contributed by atoms with Crippen LogP contribution in [-0.4, -0.2) is 7.05 Å². The van der Waals surface area contributed by atoms with Gasteiger partial charge in [0.2, 0.25) is 0 Å². The van der Waals surface area contributed by atoms with E-state index in [1.807, 2.05) is 14.0 Å². The van der Waals surface area contributed by atoms with Crippen LogP contribution in [0.1, 0.15) is 26.3 Å². The first kappa shape index (κ1) is 15.0. The Morgan fingerprint density at radius 3 is 2.26 bits per heavy atom. The summed E-state index contributed by atoms with van der Waals surface area (Å²) in [7, 11) is 1.93. The average molecular weight is 253 g/mol. The fraction of sp³-hybridized carbons (Fsp3) is 0.222. The summed E-state index contributed by atoms with van der Waals surface area (Å²) in [5, 5.41) is 3.11. The smallest absolute Gasteiger partial charge is 0.0337 e. The monoisotopic (exact) mass is 253 g/mol. The van der Waals surface area contributed by atoms with E-state index in [0.29, 0.717) is 0 Å². The van der Waals surface area contributed by atoms with Gasteiger partial charge in [0.05, 0.1) is 0 Å². The third-order valence-electron chi connectivity index (χ3n) is 2.91. The molecule has 1 aromatic carbocycles. The minimum Gasteiger partial charge on any atom is -0.388 e. The molecular formula is C18H23N. The Balaban J connectivity index is 2.64. The van der Waals surface area contributed by atoms with Crippen molar-refractivity contribution in [2.75, 3.05) is 12.4 Å². The van der Waals surface area contributed by atoms with E-state index in [4.69, 9.17) is 0 Å². The Hall–Kier alpha value is -2.02. The van der Waals surface area contributed by atoms with E-state index in [-0.39, 0.29) is 0 Å². The maximum Gasteiger partial charge on any atom is 0.0337 e. The molecule has 0 fully saturated rings. The van der Waals surface area contributed by atoms with Crippen LogP contribution in [0, 0.1) is 0 Å². The molecule has 0 bridgehead atoms. The number of rotatable bonds is 5. The van der Waals surface area contributed by atoms with E-state index in [9.17, 15) is 0 Å². The molecule has 0 saturated carbocycles. The molecule has 0 atom stereocenters. The van der Waals surface area contributed by atoms with Crippen LogP contribution in [0.5, 0.6) is 0 Å². The van der Waals surface area contributed by atoms with Crippen molar-refractivity contribution in [1.82, 2.24) is 0 Å². The Morgan fingerprint density at radius 1 is 1.00 bits per heavy atom. The second-order valence-corrected chi connectivity index (χ2v) is 4.51. The molecule has 19 heavy (non-hydrogen) atoms. The van der Waals surface area contributed by atoms with Gasteiger partial charge in [-0.2, -0.15) is 0 Å². The van der Waals surface area contributed by atoms with Gasteiger partial charge in [0.15, 0.2) is 0 Å². The van der Waals surface area contributed by atoms with Gasteiger partial charge < -0.3 is 5.32 Å². The van der Waals surface area contributed by atoms with Crippen LogP contribution in [0.3, 0.4) is 0 Å². The zero-order valence-corrected chi connectivity index (χ0v) is 12.3. The van der Waals surface area contributed by atoms with Gasteiger partial charge in [-0.25, -0.2) is 0 Å². The molecule has 0 radical (unpaired) electrons. The van der Waals surface area contributed by atoms with Crippen molar-refractivity contribution in [1.29, 1.82) is 0 Å². The van der Waals surface area contributed by atoms with E-state index in [0.717, 1.165) is 5.69 Å². The zero-order valence-electron chi connectivity index (χ0n) is 12.3. The Labute approximate surface area is 117 Å². The van der Waals surface area contributed by atoms with Crippen molar-refractivity contribution in [3.05, 3.63) is 71.4 Å². The summed E-state index contributed by atoms with van der Waals surface area (Å²) in [4.78, 5) is 0. The molecule has 1 rings (SSSR count). The maximum atomic E-state index is 3.11. The fourth-order valence-electron chi connectivity index (χ4n) is 1.49. The molecule has 1 aromatic rings. The molecule has 1 N–H and O–H groups in total. The molecule has 0 aliphatic rings. The molecule has 1 heteroatoms. The molecule has 0 heterocycles. The molecule has 0 saturated heterocycles. The first-order valence-electron chi connectivity index (χ1n) is 6.59. The minimum atomic E-state index is 1.13. The molecule has 0 aliphatic carbocycles. The van der Waals surface area contributed by atoms with Crippen molar-refractivity contribution in [3.8, 4) is 0 Å². The van der Waals surface area contributed by atoms with Crippen LogP contribution < -0.4 is 5.32 Å². The van der Waals surface area contributed by atoms with Crippen molar-refractivity contribution < 1.29 is 0 Å². The molecule has 0 amide bonds. The number of anilines is 1. The van der Waals surface area contributed by atoms with Crippen LogP contribution in [-0.2, 0) is 0 Å². The van der Waals surface area contributed by atoms with Crippen LogP contribution in [0.2, 0.25) is 0 Å². The van der Waals surface area contributed by atoms with E-state index >= 15 is 0 Å². The third kappa shape index (κ3) is 5.91. The van der Waals surface area contributed by atoms with Crippen LogP contribution >= 0.6 is 0 Å². The number of hydrogen-bond acceptors (Lipinski definition) is 1. The topological polar surface area (TPSA) is 12.0 Å². The van der Waals surface area contributed by atoms with Gasteiger partial charge in [0.1, 0.15) is 0 Å². The standard InChI is InChI=1S/C18H23N/c1-5-15(2)7-6-8-16(3)9-10-17-11-13-18(19-4)14-12-17/h5-14,19H,1-4H3. The lowest BCUT2D eigenvalue weighted by molar-refractivity contribution is 1.47. The predicted octanol–water partition coefficient (Wildman–Crippen LogP) is 5.21. The summed E-state index contributed by atoms with van der Waals surface area (Å²) >= 11 is 0. The summed E-state index contributed by atoms with van der Waals surface area (Å²) < 4.78 is 0. The van der Waals surface area contributed by atoms with Gasteiger partial charge >= 0.3 is 0 Å². The summed E-state index contributed by atoms with van der Waals surface area (Å²) in [6, 6.07) is 8.37. The van der Waals surface area contributed by atoms with E-state index in [1.54, 1.807) is 0 Å². The first-order valence-corrected chi connectivity index (χ1v) is 6.59. The second kappa shape index (κ2) is 8.15. The average Bonchev–Trinajstić information content (AvgIpc) is 2.45. The minimum absolute atomic E-state index is 1.13. The highest BCUT2D eigenvalue weighted by molar-refractivity contribution is 5.56. The molecule has 0 unspecified atom stereocenters. The second-order valence-electron chi connectivity index (χ2n) is 4.51.